The molecule has 0 aromatic rings. The molecule has 0 unspecified atom stereocenters. The van der Waals surface area contributed by atoms with Gasteiger partial charge in [0.25, 0.3) is 0 Å². The van der Waals surface area contributed by atoms with E-state index >= 15 is 0 Å². The van der Waals surface area contributed by atoms with E-state index in [0.29, 0.717) is 5.41 Å². The predicted octanol–water partition coefficient (Wildman–Crippen LogP) is 4.61. The first-order chi connectivity index (χ1) is 7.65. The maximum Gasteiger partial charge on any atom is -0.00672 e. The third-order valence-corrected chi connectivity index (χ3v) is 6.59. The Bertz CT molecular complexity index is 255. The molecule has 4 saturated carbocycles. The molecule has 4 fully saturated rings. The number of rotatable bonds is 3. The Labute approximate surface area is 102 Å². The lowest BCUT2D eigenvalue weighted by Gasteiger charge is -2.55. The van der Waals surface area contributed by atoms with Gasteiger partial charge in [0.15, 0.2) is 0 Å². The molecule has 0 amide bonds. The minimum Gasteiger partial charge on any atom is -0.108 e. The van der Waals surface area contributed by atoms with Crippen LogP contribution in [0.2, 0.25) is 0 Å². The van der Waals surface area contributed by atoms with E-state index in [1.165, 1.54) is 6.16 Å². The fourth-order valence-corrected chi connectivity index (χ4v) is 6.02. The van der Waals surface area contributed by atoms with Crippen LogP contribution in [0.25, 0.3) is 0 Å². The molecule has 0 nitrogen and oxygen atoms in total. The van der Waals surface area contributed by atoms with Gasteiger partial charge in [0.1, 0.15) is 0 Å². The fourth-order valence-electron chi connectivity index (χ4n) is 4.79. The summed E-state index contributed by atoms with van der Waals surface area (Å²) in [6, 6.07) is 0. The first-order valence-electron chi connectivity index (χ1n) is 7.16. The van der Waals surface area contributed by atoms with Crippen molar-refractivity contribution in [3.8, 4) is 0 Å². The van der Waals surface area contributed by atoms with Gasteiger partial charge in [-0.2, -0.15) is 0 Å². The summed E-state index contributed by atoms with van der Waals surface area (Å²) in [5.41, 5.74) is 0.700. The van der Waals surface area contributed by atoms with Gasteiger partial charge in [-0.15, -0.1) is 8.20 Å². The Kier molecular flexibility index (Phi) is 2.91. The molecule has 0 aromatic heterocycles. The van der Waals surface area contributed by atoms with Crippen molar-refractivity contribution in [2.24, 2.45) is 29.1 Å². The highest BCUT2D eigenvalue weighted by atomic mass is 31.1. The maximum absolute atomic E-state index is 2.73. The minimum atomic E-state index is 0.700. The van der Waals surface area contributed by atoms with Crippen LogP contribution < -0.4 is 0 Å². The van der Waals surface area contributed by atoms with Gasteiger partial charge < -0.3 is 0 Å². The van der Waals surface area contributed by atoms with Crippen LogP contribution in [0, 0.1) is 29.1 Å². The average molecular weight is 236 g/mol. The van der Waals surface area contributed by atoms with E-state index in [0.717, 1.165) is 23.7 Å². The molecule has 4 aliphatic rings. The quantitative estimate of drug-likeness (QED) is 0.628. The van der Waals surface area contributed by atoms with Crippen LogP contribution in [-0.4, -0.2) is 12.0 Å². The van der Waals surface area contributed by atoms with Crippen LogP contribution in [0.15, 0.2) is 0 Å². The van der Waals surface area contributed by atoms with Crippen LogP contribution in [0.1, 0.15) is 52.4 Å². The molecular formula is C15H25P. The van der Waals surface area contributed by atoms with E-state index in [9.17, 15) is 0 Å². The number of hydrogen-bond donors (Lipinski definition) is 0. The summed E-state index contributed by atoms with van der Waals surface area (Å²) < 4.78 is 0. The Hall–Kier alpha value is 0.170. The smallest absolute Gasteiger partial charge is 0.00672 e. The van der Waals surface area contributed by atoms with E-state index in [2.05, 4.69) is 19.6 Å². The maximum atomic E-state index is 2.73. The van der Waals surface area contributed by atoms with Crippen LogP contribution in [0.3, 0.4) is 0 Å². The zero-order valence-corrected chi connectivity index (χ0v) is 11.7. The standard InChI is InChI=1S/C15H25P/c1-11(2)9-16-10-15-6-12-3-13(7-15)5-14(4-12)8-15/h10-14H,3-9H2,1-2H3. The van der Waals surface area contributed by atoms with Crippen LogP contribution in [0.4, 0.5) is 0 Å². The average Bonchev–Trinajstić information content (AvgIpc) is 2.13. The van der Waals surface area contributed by atoms with Gasteiger partial charge in [0.2, 0.25) is 0 Å². The lowest BCUT2D eigenvalue weighted by Crippen LogP contribution is -2.46. The Morgan fingerprint density at radius 3 is 2.00 bits per heavy atom. The minimum absolute atomic E-state index is 0.700. The van der Waals surface area contributed by atoms with Crippen LogP contribution in [-0.2, 0) is 0 Å². The molecule has 0 aliphatic heterocycles. The van der Waals surface area contributed by atoms with Crippen molar-refractivity contribution >= 4 is 14.0 Å². The van der Waals surface area contributed by atoms with E-state index in [1.807, 2.05) is 0 Å². The second-order valence-corrected chi connectivity index (χ2v) is 8.16. The summed E-state index contributed by atoms with van der Waals surface area (Å²) in [7, 11) is 1.63. The summed E-state index contributed by atoms with van der Waals surface area (Å²) in [5, 5.41) is 0. The highest BCUT2D eigenvalue weighted by Crippen LogP contribution is 2.59. The zero-order valence-electron chi connectivity index (χ0n) is 10.8. The SMILES string of the molecule is CC(C)CP=CC12CC3CC(CC(C3)C1)C2. The monoisotopic (exact) mass is 236 g/mol. The second-order valence-electron chi connectivity index (χ2n) is 7.17. The molecule has 1 heteroatoms. The van der Waals surface area contributed by atoms with Gasteiger partial charge in [-0.05, 0) is 73.8 Å². The predicted molar refractivity (Wildman–Crippen MR) is 73.3 cm³/mol. The Morgan fingerprint density at radius 2 is 1.56 bits per heavy atom. The topological polar surface area (TPSA) is 0 Å². The molecule has 0 spiro atoms. The van der Waals surface area contributed by atoms with E-state index in [4.69, 9.17) is 0 Å². The summed E-state index contributed by atoms with van der Waals surface area (Å²) >= 11 is 0. The Morgan fingerprint density at radius 1 is 1.06 bits per heavy atom. The Balaban J connectivity index is 1.71. The molecule has 0 saturated heterocycles. The van der Waals surface area contributed by atoms with E-state index < -0.39 is 0 Å². The van der Waals surface area contributed by atoms with Crippen molar-refractivity contribution in [2.75, 3.05) is 6.16 Å². The van der Waals surface area contributed by atoms with Crippen molar-refractivity contribution in [1.29, 1.82) is 0 Å². The molecule has 0 atom stereocenters. The van der Waals surface area contributed by atoms with Crippen LogP contribution >= 0.6 is 8.20 Å². The third kappa shape index (κ3) is 2.10. The molecule has 0 radical (unpaired) electrons. The van der Waals surface area contributed by atoms with Gasteiger partial charge in [-0.25, -0.2) is 0 Å². The van der Waals surface area contributed by atoms with Crippen molar-refractivity contribution in [1.82, 2.24) is 0 Å². The first-order valence-corrected chi connectivity index (χ1v) is 8.31. The molecule has 0 N–H and O–H groups in total. The lowest BCUT2D eigenvalue weighted by atomic mass is 9.50. The fraction of sp³-hybridized carbons (Fsp3) is 0.933. The summed E-state index contributed by atoms with van der Waals surface area (Å²) in [6.07, 6.45) is 10.7. The highest BCUT2D eigenvalue weighted by Gasteiger charge is 2.49. The molecule has 4 bridgehead atoms. The normalized spacial score (nSPS) is 46.1. The van der Waals surface area contributed by atoms with Crippen molar-refractivity contribution < 1.29 is 0 Å². The first kappa shape index (κ1) is 11.3. The largest absolute Gasteiger partial charge is 0.108 e. The molecule has 90 valence electrons. The van der Waals surface area contributed by atoms with Gasteiger partial charge >= 0.3 is 0 Å². The van der Waals surface area contributed by atoms with Crippen LogP contribution in [0.5, 0.6) is 0 Å². The second kappa shape index (κ2) is 4.13. The molecule has 0 aromatic carbocycles. The summed E-state index contributed by atoms with van der Waals surface area (Å²) in [6.45, 7) is 4.70. The van der Waals surface area contributed by atoms with Gasteiger partial charge in [-0.3, -0.25) is 0 Å². The summed E-state index contributed by atoms with van der Waals surface area (Å²) in [4.78, 5) is 0. The van der Waals surface area contributed by atoms with Gasteiger partial charge in [0.05, 0.1) is 0 Å². The molecule has 4 aliphatic carbocycles. The van der Waals surface area contributed by atoms with Gasteiger partial charge in [0, 0.05) is 0 Å². The third-order valence-electron chi connectivity index (χ3n) is 4.92. The van der Waals surface area contributed by atoms with E-state index in [1.54, 1.807) is 46.7 Å². The summed E-state index contributed by atoms with van der Waals surface area (Å²) in [5.74, 6) is 6.93. The molecule has 0 heterocycles. The molecule has 4 rings (SSSR count). The van der Waals surface area contributed by atoms with Crippen molar-refractivity contribution in [3.05, 3.63) is 0 Å². The molecular weight excluding hydrogens is 211 g/mol. The van der Waals surface area contributed by atoms with Crippen molar-refractivity contribution in [3.63, 3.8) is 0 Å². The van der Waals surface area contributed by atoms with Gasteiger partial charge in [-0.1, -0.05) is 19.6 Å². The highest BCUT2D eigenvalue weighted by molar-refractivity contribution is 7.38. The molecule has 16 heavy (non-hydrogen) atoms. The van der Waals surface area contributed by atoms with Crippen molar-refractivity contribution in [2.45, 2.75) is 52.4 Å². The lowest BCUT2D eigenvalue weighted by molar-refractivity contribution is -0.00855. The number of hydrogen-bond acceptors (Lipinski definition) is 0. The van der Waals surface area contributed by atoms with E-state index in [-0.39, 0.29) is 0 Å². The zero-order chi connectivity index (χ0) is 11.2.